The van der Waals surface area contributed by atoms with Crippen molar-refractivity contribution in [1.29, 1.82) is 0 Å². The van der Waals surface area contributed by atoms with E-state index in [4.69, 9.17) is 4.84 Å². The Balaban J connectivity index is 2.96. The minimum Gasteiger partial charge on any atom is -0.511 e. The van der Waals surface area contributed by atoms with Crippen LogP contribution in [0.15, 0.2) is 29.1 Å². The molecule has 106 valence electrons. The number of oxime groups is 1. The number of hydrogen-bond donors (Lipinski definition) is 1. The largest absolute Gasteiger partial charge is 0.511 e. The summed E-state index contributed by atoms with van der Waals surface area (Å²) in [6, 6.07) is 0. The second-order valence-electron chi connectivity index (χ2n) is 5.13. The number of carbonyl (C=O) groups is 1. The van der Waals surface area contributed by atoms with E-state index >= 15 is 0 Å². The van der Waals surface area contributed by atoms with Crippen molar-refractivity contribution in [1.82, 2.24) is 0 Å². The molecule has 4 heteroatoms. The molecule has 0 fully saturated rings. The molecule has 0 heterocycles. The van der Waals surface area contributed by atoms with Crippen molar-refractivity contribution in [2.45, 2.75) is 40.0 Å². The molecular formula is C15H23NO3. The fraction of sp³-hybridized carbons (Fsp3) is 0.600. The van der Waals surface area contributed by atoms with Crippen LogP contribution in [0.5, 0.6) is 0 Å². The lowest BCUT2D eigenvalue weighted by Crippen LogP contribution is -2.26. The number of ketones is 1. The first kappa shape index (κ1) is 15.5. The van der Waals surface area contributed by atoms with E-state index in [0.29, 0.717) is 43.1 Å². The lowest BCUT2D eigenvalue weighted by molar-refractivity contribution is -0.117. The van der Waals surface area contributed by atoms with Crippen molar-refractivity contribution < 1.29 is 14.7 Å². The summed E-state index contributed by atoms with van der Waals surface area (Å²) < 4.78 is 0. The van der Waals surface area contributed by atoms with Crippen molar-refractivity contribution in [3.63, 3.8) is 0 Å². The fourth-order valence-corrected chi connectivity index (χ4v) is 2.18. The molecule has 19 heavy (non-hydrogen) atoms. The zero-order chi connectivity index (χ0) is 14.4. The summed E-state index contributed by atoms with van der Waals surface area (Å²) in [5.74, 6) is 0.707. The molecule has 0 bridgehead atoms. The van der Waals surface area contributed by atoms with Gasteiger partial charge in [-0.2, -0.15) is 0 Å². The van der Waals surface area contributed by atoms with Crippen LogP contribution >= 0.6 is 0 Å². The van der Waals surface area contributed by atoms with Gasteiger partial charge in [-0.3, -0.25) is 4.79 Å². The van der Waals surface area contributed by atoms with Crippen molar-refractivity contribution in [3.8, 4) is 0 Å². The number of hydrogen-bond acceptors (Lipinski definition) is 4. The molecule has 0 spiro atoms. The lowest BCUT2D eigenvalue weighted by atomic mass is 9.79. The molecule has 4 nitrogen and oxygen atoms in total. The van der Waals surface area contributed by atoms with Gasteiger partial charge in [0.1, 0.15) is 12.4 Å². The molecule has 1 atom stereocenters. The number of rotatable bonds is 6. The van der Waals surface area contributed by atoms with Crippen LogP contribution in [0, 0.1) is 11.8 Å². The summed E-state index contributed by atoms with van der Waals surface area (Å²) in [6.45, 7) is 9.85. The summed E-state index contributed by atoms with van der Waals surface area (Å²) in [7, 11) is 0. The van der Waals surface area contributed by atoms with Crippen molar-refractivity contribution >= 4 is 11.5 Å². The number of aliphatic hydroxyl groups is 1. The maximum absolute atomic E-state index is 12.2. The Morgan fingerprint density at radius 3 is 2.74 bits per heavy atom. The molecule has 1 N–H and O–H groups in total. The molecule has 0 aromatic rings. The smallest absolute Gasteiger partial charge is 0.168 e. The minimum atomic E-state index is -0.0368. The average Bonchev–Trinajstić information content (AvgIpc) is 2.35. The maximum atomic E-state index is 12.2. The summed E-state index contributed by atoms with van der Waals surface area (Å²) in [6.07, 6.45) is 3.15. The first-order valence-corrected chi connectivity index (χ1v) is 6.76. The third kappa shape index (κ3) is 3.94. The Morgan fingerprint density at radius 2 is 2.26 bits per heavy atom. The monoisotopic (exact) mass is 265 g/mol. The van der Waals surface area contributed by atoms with Crippen LogP contribution in [0.4, 0.5) is 0 Å². The van der Waals surface area contributed by atoms with Crippen molar-refractivity contribution in [3.05, 3.63) is 24.0 Å². The second-order valence-corrected chi connectivity index (χ2v) is 5.13. The van der Waals surface area contributed by atoms with Gasteiger partial charge in [-0.1, -0.05) is 38.6 Å². The Kier molecular flexibility index (Phi) is 5.80. The summed E-state index contributed by atoms with van der Waals surface area (Å²) in [5.41, 5.74) is 0.870. The zero-order valence-corrected chi connectivity index (χ0v) is 12.0. The number of nitrogens with zero attached hydrogens (tertiary/aromatic N) is 1. The normalized spacial score (nSPS) is 20.9. The molecule has 0 radical (unpaired) electrons. The minimum absolute atomic E-state index is 0.0368. The van der Waals surface area contributed by atoms with Gasteiger partial charge in [0.25, 0.3) is 0 Å². The highest BCUT2D eigenvalue weighted by Crippen LogP contribution is 2.31. The SMILES string of the molecule is C=CCON=C(CC)C1=C(O)CC(C(C)C)CC1=O. The van der Waals surface area contributed by atoms with Gasteiger partial charge in [0.2, 0.25) is 0 Å². The predicted molar refractivity (Wildman–Crippen MR) is 76.1 cm³/mol. The molecule has 0 saturated carbocycles. The van der Waals surface area contributed by atoms with Gasteiger partial charge >= 0.3 is 0 Å². The average molecular weight is 265 g/mol. The van der Waals surface area contributed by atoms with Gasteiger partial charge in [0, 0.05) is 12.8 Å². The molecule has 0 aliphatic heterocycles. The Labute approximate surface area is 114 Å². The zero-order valence-electron chi connectivity index (χ0n) is 12.0. The highest BCUT2D eigenvalue weighted by molar-refractivity contribution is 6.22. The summed E-state index contributed by atoms with van der Waals surface area (Å²) in [5, 5.41) is 14.1. The number of allylic oxidation sites excluding steroid dienone is 2. The topological polar surface area (TPSA) is 58.9 Å². The van der Waals surface area contributed by atoms with Crippen LogP contribution in [0.1, 0.15) is 40.0 Å². The van der Waals surface area contributed by atoms with Crippen LogP contribution in [0.2, 0.25) is 0 Å². The molecule has 1 unspecified atom stereocenters. The van der Waals surface area contributed by atoms with E-state index in [1.165, 1.54) is 0 Å². The Bertz CT molecular complexity index is 408. The molecule has 0 aromatic carbocycles. The third-order valence-corrected chi connectivity index (χ3v) is 3.40. The predicted octanol–water partition coefficient (Wildman–Crippen LogP) is 3.40. The van der Waals surface area contributed by atoms with Gasteiger partial charge < -0.3 is 9.94 Å². The summed E-state index contributed by atoms with van der Waals surface area (Å²) >= 11 is 0. The van der Waals surface area contributed by atoms with Crippen LogP contribution in [-0.2, 0) is 9.63 Å². The highest BCUT2D eigenvalue weighted by atomic mass is 16.6. The second kappa shape index (κ2) is 7.12. The molecule has 0 saturated heterocycles. The Hall–Kier alpha value is -1.58. The standard InChI is InChI=1S/C15H23NO3/c1-5-7-19-16-12(6-2)15-13(17)8-11(10(3)4)9-14(15)18/h5,10-11,17H,1,6-9H2,2-4H3. The first-order chi connectivity index (χ1) is 9.01. The third-order valence-electron chi connectivity index (χ3n) is 3.40. The van der Waals surface area contributed by atoms with Gasteiger partial charge in [-0.15, -0.1) is 0 Å². The van der Waals surface area contributed by atoms with Crippen molar-refractivity contribution in [2.24, 2.45) is 17.0 Å². The van der Waals surface area contributed by atoms with Gasteiger partial charge in [0.05, 0.1) is 11.3 Å². The van der Waals surface area contributed by atoms with Crippen molar-refractivity contribution in [2.75, 3.05) is 6.61 Å². The van der Waals surface area contributed by atoms with E-state index in [0.717, 1.165) is 0 Å². The van der Waals surface area contributed by atoms with Gasteiger partial charge in [-0.25, -0.2) is 0 Å². The Morgan fingerprint density at radius 1 is 1.58 bits per heavy atom. The lowest BCUT2D eigenvalue weighted by Gasteiger charge is -2.26. The maximum Gasteiger partial charge on any atom is 0.168 e. The van der Waals surface area contributed by atoms with E-state index in [-0.39, 0.29) is 17.5 Å². The van der Waals surface area contributed by atoms with Crippen LogP contribution in [0.25, 0.3) is 0 Å². The number of aliphatic hydroxyl groups excluding tert-OH is 1. The molecular weight excluding hydrogens is 242 g/mol. The molecule has 0 aromatic heterocycles. The van der Waals surface area contributed by atoms with Gasteiger partial charge in [-0.05, 0) is 18.3 Å². The van der Waals surface area contributed by atoms with Crippen LogP contribution in [-0.4, -0.2) is 23.2 Å². The number of carbonyl (C=O) groups excluding carboxylic acids is 1. The van der Waals surface area contributed by atoms with Crippen LogP contribution in [0.3, 0.4) is 0 Å². The highest BCUT2D eigenvalue weighted by Gasteiger charge is 2.31. The van der Waals surface area contributed by atoms with E-state index in [9.17, 15) is 9.90 Å². The van der Waals surface area contributed by atoms with E-state index < -0.39 is 0 Å². The van der Waals surface area contributed by atoms with E-state index in [1.807, 2.05) is 6.92 Å². The van der Waals surface area contributed by atoms with Crippen LogP contribution < -0.4 is 0 Å². The number of Topliss-reactive ketones (excluding diaryl/α,β-unsaturated/α-hetero) is 1. The fourth-order valence-electron chi connectivity index (χ4n) is 2.18. The quantitative estimate of drug-likeness (QED) is 0.346. The molecule has 1 aliphatic carbocycles. The van der Waals surface area contributed by atoms with E-state index in [1.54, 1.807) is 6.08 Å². The van der Waals surface area contributed by atoms with Gasteiger partial charge in [0.15, 0.2) is 5.78 Å². The van der Waals surface area contributed by atoms with E-state index in [2.05, 4.69) is 25.6 Å². The first-order valence-electron chi connectivity index (χ1n) is 6.76. The molecule has 1 rings (SSSR count). The summed E-state index contributed by atoms with van der Waals surface area (Å²) in [4.78, 5) is 17.2. The molecule has 1 aliphatic rings. The molecule has 0 amide bonds.